The predicted molar refractivity (Wildman–Crippen MR) is 5.81 cm³/mol. The van der Waals surface area contributed by atoms with Crippen molar-refractivity contribution in [1.29, 1.82) is 0 Å². The van der Waals surface area contributed by atoms with Crippen molar-refractivity contribution >= 4 is 0 Å². The molecule has 0 unspecified atom stereocenters. The van der Waals surface area contributed by atoms with Gasteiger partial charge >= 0.3 is 66.5 Å². The SMILES string of the molecule is [O]=[Co-][OH].[O]=[Co-][OH].[Pd+2]. The van der Waals surface area contributed by atoms with Crippen LogP contribution in [0.4, 0.5) is 0 Å². The maximum atomic E-state index is 8.45. The molecule has 0 saturated heterocycles. The Labute approximate surface area is 66.3 Å². The first-order chi connectivity index (χ1) is 2.83. The monoisotopic (exact) mass is 290 g/mol. The molecule has 0 aromatic rings. The van der Waals surface area contributed by atoms with Crippen molar-refractivity contribution in [2.45, 2.75) is 0 Å². The molecular weight excluding hydrogens is 288 g/mol. The van der Waals surface area contributed by atoms with Crippen LogP contribution in [0.3, 0.4) is 0 Å². The van der Waals surface area contributed by atoms with Crippen LogP contribution in [-0.4, -0.2) is 8.44 Å². The van der Waals surface area contributed by atoms with E-state index in [-0.39, 0.29) is 20.4 Å². The normalized spacial score (nSPS) is 6.00. The van der Waals surface area contributed by atoms with Gasteiger partial charge in [-0.2, -0.15) is 0 Å². The Kier molecular flexibility index (Phi) is 60.7. The smallest absolute Gasteiger partial charge is 2.00 e. The van der Waals surface area contributed by atoms with Crippen LogP contribution in [0.15, 0.2) is 0 Å². The van der Waals surface area contributed by atoms with Gasteiger partial charge in [-0.05, 0) is 0 Å². The molecule has 0 aliphatic heterocycles. The molecule has 0 aromatic heterocycles. The first kappa shape index (κ1) is 15.7. The van der Waals surface area contributed by atoms with Crippen molar-refractivity contribution in [3.8, 4) is 0 Å². The molecule has 0 radical (unpaired) electrons. The van der Waals surface area contributed by atoms with Gasteiger partial charge in [-0.1, -0.05) is 0 Å². The molecule has 4 nitrogen and oxygen atoms in total. The van der Waals surface area contributed by atoms with Gasteiger partial charge in [-0.15, -0.1) is 0 Å². The average molecular weight is 290 g/mol. The Morgan fingerprint density at radius 3 is 1.00 bits per heavy atom. The molecule has 7 heavy (non-hydrogen) atoms. The summed E-state index contributed by atoms with van der Waals surface area (Å²) in [6.07, 6.45) is 0. The summed E-state index contributed by atoms with van der Waals surface area (Å²) in [5.74, 6) is 0. The van der Waals surface area contributed by atoms with Crippen LogP contribution in [0.5, 0.6) is 0 Å². The second-order valence-electron chi connectivity index (χ2n) is 0.122. The minimum absolute atomic E-state index is 0. The van der Waals surface area contributed by atoms with Crippen LogP contribution >= 0.6 is 0 Å². The van der Waals surface area contributed by atoms with Gasteiger partial charge in [0.05, 0.1) is 0 Å². The molecule has 0 amide bonds. The zero-order chi connectivity index (χ0) is 5.41. The van der Waals surface area contributed by atoms with Gasteiger partial charge in [0.2, 0.25) is 0 Å². The van der Waals surface area contributed by atoms with E-state index in [4.69, 9.17) is 16.2 Å². The molecule has 7 heteroatoms. The summed E-state index contributed by atoms with van der Waals surface area (Å²) in [6, 6.07) is 0. The molecule has 0 aromatic carbocycles. The molecule has 0 spiro atoms. The van der Waals surface area contributed by atoms with E-state index < -0.39 is 29.9 Å². The number of hydrogen-bond acceptors (Lipinski definition) is 2. The van der Waals surface area contributed by atoms with E-state index in [1.165, 1.54) is 0 Å². The van der Waals surface area contributed by atoms with Gasteiger partial charge in [-0.3, -0.25) is 0 Å². The van der Waals surface area contributed by atoms with Crippen molar-refractivity contribution in [3.05, 3.63) is 0 Å². The van der Waals surface area contributed by atoms with Crippen molar-refractivity contribution in [3.63, 3.8) is 0 Å². The molecule has 0 aliphatic carbocycles. The minimum Gasteiger partial charge on any atom is 2.00 e. The topological polar surface area (TPSA) is 74.6 Å². The molecule has 2 N–H and O–H groups in total. The predicted octanol–water partition coefficient (Wildman–Crippen LogP) is -1.36. The van der Waals surface area contributed by atoms with Crippen LogP contribution in [-0.2, 0) is 58.1 Å². The molecular formula is H2Co2O4Pd. The van der Waals surface area contributed by atoms with Gasteiger partial charge in [-0.25, -0.2) is 0 Å². The number of hydrogen-bond donors (Lipinski definition) is 2. The second-order valence-corrected chi connectivity index (χ2v) is 0.502. The van der Waals surface area contributed by atoms with E-state index in [0.717, 1.165) is 0 Å². The van der Waals surface area contributed by atoms with Gasteiger partial charge in [0.15, 0.2) is 0 Å². The first-order valence-electron chi connectivity index (χ1n) is 0.570. The summed E-state index contributed by atoms with van der Waals surface area (Å²) in [5, 5.41) is 0. The van der Waals surface area contributed by atoms with Crippen molar-refractivity contribution in [2.75, 3.05) is 0 Å². The first-order valence-corrected chi connectivity index (χ1v) is 2.35. The molecule has 0 saturated carbocycles. The molecule has 0 fully saturated rings. The van der Waals surface area contributed by atoms with E-state index in [0.29, 0.717) is 0 Å². The third-order valence-corrected chi connectivity index (χ3v) is 0. The third-order valence-electron chi connectivity index (χ3n) is 0. The van der Waals surface area contributed by atoms with Gasteiger partial charge in [0.25, 0.3) is 0 Å². The van der Waals surface area contributed by atoms with Crippen LogP contribution in [0.1, 0.15) is 0 Å². The summed E-state index contributed by atoms with van der Waals surface area (Å²) in [5.41, 5.74) is 0. The van der Waals surface area contributed by atoms with Crippen molar-refractivity contribution in [2.24, 2.45) is 0 Å². The Balaban J connectivity index is -0.0000000400. The molecule has 0 bridgehead atoms. The second kappa shape index (κ2) is 27.0. The molecule has 0 heterocycles. The van der Waals surface area contributed by atoms with Gasteiger partial charge < -0.3 is 0 Å². The Morgan fingerprint density at radius 1 is 1.00 bits per heavy atom. The van der Waals surface area contributed by atoms with E-state index >= 15 is 0 Å². The fourth-order valence-electron chi connectivity index (χ4n) is 0. The van der Waals surface area contributed by atoms with Crippen molar-refractivity contribution < 1.29 is 66.5 Å². The molecule has 0 atom stereocenters. The van der Waals surface area contributed by atoms with Crippen LogP contribution < -0.4 is 0 Å². The molecule has 0 aliphatic rings. The summed E-state index contributed by atoms with van der Waals surface area (Å²) >= 11 is -1.62. The Hall–Kier alpha value is 1.20. The average Bonchev–Trinajstić information content (AvgIpc) is 1.39. The molecule has 0 rings (SSSR count). The minimum atomic E-state index is -0.812. The van der Waals surface area contributed by atoms with E-state index in [9.17, 15) is 0 Å². The fraction of sp³-hybridized carbons (Fsp3) is 0. The molecule has 54 valence electrons. The Bertz CT molecular complexity index is 30.7. The maximum Gasteiger partial charge on any atom is 2.00 e. The largest absolute Gasteiger partial charge is 2.00 e. The standard InChI is InChI=1S/2Co.2H2O.2O.Pd/h;;2*1H2;;;/q;;;;;;+2/p-2. The summed E-state index contributed by atoms with van der Waals surface area (Å²) in [4.78, 5) is 0. The zero-order valence-electron chi connectivity index (χ0n) is 2.69. The summed E-state index contributed by atoms with van der Waals surface area (Å²) in [7, 11) is 0. The van der Waals surface area contributed by atoms with Gasteiger partial charge in [0.1, 0.15) is 0 Å². The fourth-order valence-corrected chi connectivity index (χ4v) is 0. The zero-order valence-corrected chi connectivity index (χ0v) is 6.33. The Morgan fingerprint density at radius 2 is 1.00 bits per heavy atom. The van der Waals surface area contributed by atoms with E-state index in [2.05, 4.69) is 0 Å². The maximum absolute atomic E-state index is 8.45. The van der Waals surface area contributed by atoms with E-state index in [1.54, 1.807) is 0 Å². The van der Waals surface area contributed by atoms with Gasteiger partial charge in [0, 0.05) is 0 Å². The third kappa shape index (κ3) is 136. The van der Waals surface area contributed by atoms with Crippen LogP contribution in [0, 0.1) is 0 Å². The van der Waals surface area contributed by atoms with Crippen LogP contribution in [0.2, 0.25) is 0 Å². The number of rotatable bonds is 0. The summed E-state index contributed by atoms with van der Waals surface area (Å²) in [6.45, 7) is 0. The summed E-state index contributed by atoms with van der Waals surface area (Å²) < 4.78 is 30.9. The van der Waals surface area contributed by atoms with Crippen molar-refractivity contribution in [1.82, 2.24) is 0 Å². The quantitative estimate of drug-likeness (QED) is 0.541. The van der Waals surface area contributed by atoms with E-state index in [1.807, 2.05) is 0 Å². The van der Waals surface area contributed by atoms with Crippen LogP contribution in [0.25, 0.3) is 0 Å².